The van der Waals surface area contributed by atoms with Gasteiger partial charge in [0.15, 0.2) is 4.77 Å². The van der Waals surface area contributed by atoms with Crippen molar-refractivity contribution in [1.29, 1.82) is 0 Å². The van der Waals surface area contributed by atoms with E-state index in [4.69, 9.17) is 12.2 Å². The van der Waals surface area contributed by atoms with E-state index in [-0.39, 0.29) is 5.91 Å². The van der Waals surface area contributed by atoms with Crippen LogP contribution in [0.5, 0.6) is 0 Å². The third-order valence-electron chi connectivity index (χ3n) is 5.31. The topological polar surface area (TPSA) is 62.7 Å². The van der Waals surface area contributed by atoms with Gasteiger partial charge in [-0.25, -0.2) is 0 Å². The van der Waals surface area contributed by atoms with E-state index in [9.17, 15) is 4.79 Å². The number of aromatic nitrogens is 3. The van der Waals surface area contributed by atoms with E-state index in [1.54, 1.807) is 0 Å². The molecule has 2 N–H and O–H groups in total. The van der Waals surface area contributed by atoms with Crippen LogP contribution in [0.4, 0.5) is 0 Å². The molecular formula is C18H30N4OS. The lowest BCUT2D eigenvalue weighted by atomic mass is 9.67. The van der Waals surface area contributed by atoms with Crippen LogP contribution in [0, 0.1) is 22.0 Å². The Morgan fingerprint density at radius 1 is 1.42 bits per heavy atom. The smallest absolute Gasteiger partial charge is 0.220 e. The molecule has 1 amide bonds. The molecule has 0 saturated heterocycles. The largest absolute Gasteiger partial charge is 0.356 e. The van der Waals surface area contributed by atoms with E-state index >= 15 is 0 Å². The first kappa shape index (κ1) is 17.6. The van der Waals surface area contributed by atoms with Gasteiger partial charge in [-0.1, -0.05) is 20.8 Å². The highest BCUT2D eigenvalue weighted by Gasteiger charge is 2.33. The number of carbonyl (C=O) groups excluding carboxylic acids is 1. The van der Waals surface area contributed by atoms with Crippen molar-refractivity contribution in [3.63, 3.8) is 0 Å². The summed E-state index contributed by atoms with van der Waals surface area (Å²) in [6.45, 7) is 7.60. The fraction of sp³-hybridized carbons (Fsp3) is 0.833. The molecule has 2 fully saturated rings. The summed E-state index contributed by atoms with van der Waals surface area (Å²) >= 11 is 5.29. The molecule has 1 aromatic heterocycles. The van der Waals surface area contributed by atoms with Crippen LogP contribution in [-0.4, -0.2) is 27.2 Å². The van der Waals surface area contributed by atoms with Crippen LogP contribution in [0.3, 0.4) is 0 Å². The first-order valence-electron chi connectivity index (χ1n) is 9.26. The Hall–Kier alpha value is -1.17. The quantitative estimate of drug-likeness (QED) is 0.767. The minimum atomic E-state index is 0.178. The summed E-state index contributed by atoms with van der Waals surface area (Å²) in [5.74, 6) is 2.38. The zero-order valence-electron chi connectivity index (χ0n) is 15.1. The van der Waals surface area contributed by atoms with Crippen molar-refractivity contribution in [2.75, 3.05) is 6.54 Å². The van der Waals surface area contributed by atoms with Gasteiger partial charge in [-0.2, -0.15) is 5.10 Å². The molecule has 2 aliphatic carbocycles. The summed E-state index contributed by atoms with van der Waals surface area (Å²) in [6, 6.07) is 0.521. The van der Waals surface area contributed by atoms with E-state index in [0.29, 0.717) is 35.1 Å². The van der Waals surface area contributed by atoms with Crippen LogP contribution >= 0.6 is 12.2 Å². The van der Waals surface area contributed by atoms with Crippen molar-refractivity contribution in [3.8, 4) is 0 Å². The maximum atomic E-state index is 12.3. The molecule has 134 valence electrons. The van der Waals surface area contributed by atoms with Gasteiger partial charge in [0.05, 0.1) is 0 Å². The Balaban J connectivity index is 1.45. The third-order valence-corrected chi connectivity index (χ3v) is 5.60. The zero-order valence-corrected chi connectivity index (χ0v) is 15.9. The van der Waals surface area contributed by atoms with Crippen molar-refractivity contribution in [1.82, 2.24) is 20.1 Å². The zero-order chi connectivity index (χ0) is 17.3. The summed E-state index contributed by atoms with van der Waals surface area (Å²) < 4.78 is 2.82. The first-order chi connectivity index (χ1) is 11.3. The number of H-pyrrole nitrogens is 1. The monoisotopic (exact) mass is 350 g/mol. The number of amides is 1. The SMILES string of the molecule is C[C@@H]1C[C@H](CC(=O)NCCc2n[nH]c(=S)n2C2CC2)CC(C)(C)C1. The van der Waals surface area contributed by atoms with Crippen molar-refractivity contribution < 1.29 is 4.79 Å². The van der Waals surface area contributed by atoms with Gasteiger partial charge in [0, 0.05) is 25.4 Å². The lowest BCUT2D eigenvalue weighted by Crippen LogP contribution is -2.33. The number of nitrogens with zero attached hydrogens (tertiary/aromatic N) is 2. The van der Waals surface area contributed by atoms with Gasteiger partial charge in [-0.15, -0.1) is 0 Å². The Labute approximate surface area is 149 Å². The van der Waals surface area contributed by atoms with Crippen molar-refractivity contribution >= 4 is 18.1 Å². The first-order valence-corrected chi connectivity index (χ1v) is 9.67. The standard InChI is InChI=1S/C18H30N4OS/c1-12-8-13(11-18(2,3)10-12)9-16(23)19-7-6-15-20-21-17(24)22(15)14-4-5-14/h12-14H,4-11H2,1-3H3,(H,19,23)(H,21,24)/t12-,13-/m1/s1. The van der Waals surface area contributed by atoms with Gasteiger partial charge >= 0.3 is 0 Å². The second-order valence-corrected chi connectivity index (χ2v) is 9.02. The number of aromatic amines is 1. The molecule has 0 aromatic carbocycles. The molecule has 3 rings (SSSR count). The number of hydrogen-bond donors (Lipinski definition) is 2. The van der Waals surface area contributed by atoms with Crippen molar-refractivity contribution in [3.05, 3.63) is 10.6 Å². The second-order valence-electron chi connectivity index (χ2n) is 8.63. The summed E-state index contributed by atoms with van der Waals surface area (Å²) in [4.78, 5) is 12.3. The molecule has 0 unspecified atom stereocenters. The predicted molar refractivity (Wildman–Crippen MR) is 97.3 cm³/mol. The normalized spacial score (nSPS) is 26.3. The minimum absolute atomic E-state index is 0.178. The fourth-order valence-corrected chi connectivity index (χ4v) is 4.87. The van der Waals surface area contributed by atoms with Crippen LogP contribution in [0.25, 0.3) is 0 Å². The highest BCUT2D eigenvalue weighted by Crippen LogP contribution is 2.42. The summed E-state index contributed by atoms with van der Waals surface area (Å²) in [5.41, 5.74) is 0.368. The Morgan fingerprint density at radius 2 is 2.17 bits per heavy atom. The molecule has 0 radical (unpaired) electrons. The maximum Gasteiger partial charge on any atom is 0.220 e. The third kappa shape index (κ3) is 4.47. The van der Waals surface area contributed by atoms with E-state index in [2.05, 4.69) is 40.9 Å². The summed E-state index contributed by atoms with van der Waals surface area (Å²) in [7, 11) is 0. The molecule has 0 spiro atoms. The van der Waals surface area contributed by atoms with Gasteiger partial charge in [-0.3, -0.25) is 9.89 Å². The molecule has 6 heteroatoms. The van der Waals surface area contributed by atoms with Crippen molar-refractivity contribution in [2.24, 2.45) is 17.3 Å². The Morgan fingerprint density at radius 3 is 2.83 bits per heavy atom. The molecule has 24 heavy (non-hydrogen) atoms. The van der Waals surface area contributed by atoms with E-state index in [1.807, 2.05) is 0 Å². The summed E-state index contributed by atoms with van der Waals surface area (Å²) in [6.07, 6.45) is 7.37. The van der Waals surface area contributed by atoms with E-state index < -0.39 is 0 Å². The highest BCUT2D eigenvalue weighted by molar-refractivity contribution is 7.71. The number of nitrogens with one attached hydrogen (secondary N) is 2. The average molecular weight is 351 g/mol. The van der Waals surface area contributed by atoms with Crippen LogP contribution < -0.4 is 5.32 Å². The number of hydrogen-bond acceptors (Lipinski definition) is 3. The van der Waals surface area contributed by atoms with Gasteiger partial charge in [-0.05, 0) is 61.6 Å². The molecule has 5 nitrogen and oxygen atoms in total. The maximum absolute atomic E-state index is 12.3. The van der Waals surface area contributed by atoms with Crippen LogP contribution in [-0.2, 0) is 11.2 Å². The van der Waals surface area contributed by atoms with Gasteiger partial charge in [0.1, 0.15) is 5.82 Å². The number of carbonyl (C=O) groups is 1. The van der Waals surface area contributed by atoms with Gasteiger partial charge in [0.25, 0.3) is 0 Å². The lowest BCUT2D eigenvalue weighted by molar-refractivity contribution is -0.122. The van der Waals surface area contributed by atoms with Crippen LogP contribution in [0.1, 0.15) is 71.2 Å². The van der Waals surface area contributed by atoms with Gasteiger partial charge < -0.3 is 9.88 Å². The summed E-state index contributed by atoms with van der Waals surface area (Å²) in [5, 5.41) is 10.3. The molecule has 1 heterocycles. The number of rotatable bonds is 6. The fourth-order valence-electron chi connectivity index (χ4n) is 4.57. The van der Waals surface area contributed by atoms with E-state index in [1.165, 1.54) is 25.7 Å². The lowest BCUT2D eigenvalue weighted by Gasteiger charge is -2.38. The van der Waals surface area contributed by atoms with E-state index in [0.717, 1.165) is 24.6 Å². The van der Waals surface area contributed by atoms with Crippen molar-refractivity contribution in [2.45, 2.75) is 71.8 Å². The van der Waals surface area contributed by atoms with Crippen LogP contribution in [0.15, 0.2) is 0 Å². The van der Waals surface area contributed by atoms with Crippen LogP contribution in [0.2, 0.25) is 0 Å². The molecule has 2 atom stereocenters. The molecule has 2 aliphatic rings. The Bertz CT molecular complexity index is 644. The highest BCUT2D eigenvalue weighted by atomic mass is 32.1. The molecule has 0 bridgehead atoms. The van der Waals surface area contributed by atoms with Gasteiger partial charge in [0.2, 0.25) is 5.91 Å². The average Bonchev–Trinajstić information content (AvgIpc) is 3.21. The Kier molecular flexibility index (Phi) is 5.13. The molecule has 0 aliphatic heterocycles. The molecule has 2 saturated carbocycles. The second kappa shape index (κ2) is 6.98. The minimum Gasteiger partial charge on any atom is -0.356 e. The predicted octanol–water partition coefficient (Wildman–Crippen LogP) is 3.79. The molecular weight excluding hydrogens is 320 g/mol. The molecule has 1 aromatic rings.